The molecule has 19 heavy (non-hydrogen) atoms. The molecule has 3 rings (SSSR count). The second kappa shape index (κ2) is 4.50. The van der Waals surface area contributed by atoms with Gasteiger partial charge in [-0.15, -0.1) is 0 Å². The Labute approximate surface area is 110 Å². The van der Waals surface area contributed by atoms with Crippen LogP contribution in [0.15, 0.2) is 36.5 Å². The molecule has 2 aromatic rings. The Hall–Kier alpha value is -2.17. The van der Waals surface area contributed by atoms with Crippen molar-refractivity contribution in [3.05, 3.63) is 47.9 Å². The number of nitrogens with zero attached hydrogens (tertiary/aromatic N) is 2. The Bertz CT molecular complexity index is 605. The summed E-state index contributed by atoms with van der Waals surface area (Å²) in [6.07, 6.45) is 2.59. The molecule has 1 amide bonds. The second-order valence-corrected chi connectivity index (χ2v) is 4.86. The molecule has 0 spiro atoms. The molecule has 1 fully saturated rings. The normalized spacial score (nSPS) is 21.2. The van der Waals surface area contributed by atoms with Crippen LogP contribution >= 0.6 is 0 Å². The molecule has 0 radical (unpaired) electrons. The van der Waals surface area contributed by atoms with E-state index >= 15 is 0 Å². The molecule has 1 aliphatic rings. The summed E-state index contributed by atoms with van der Waals surface area (Å²) in [5.41, 5.74) is 1.02. The molecule has 98 valence electrons. The summed E-state index contributed by atoms with van der Waals surface area (Å²) < 4.78 is 14.5. The van der Waals surface area contributed by atoms with E-state index in [-0.39, 0.29) is 23.6 Å². The molecule has 2 unspecified atom stereocenters. The first kappa shape index (κ1) is 11.9. The predicted octanol–water partition coefficient (Wildman–Crippen LogP) is 2.30. The smallest absolute Gasteiger partial charge is 0.229 e. The number of halogens is 1. The highest BCUT2D eigenvalue weighted by molar-refractivity contribution is 5.94. The van der Waals surface area contributed by atoms with Gasteiger partial charge in [0.05, 0.1) is 0 Å². The first-order valence-corrected chi connectivity index (χ1v) is 6.19. The van der Waals surface area contributed by atoms with Crippen molar-refractivity contribution in [1.82, 2.24) is 9.78 Å². The SMILES string of the molecule is Cn1ccc(NC(=O)C2CC2c2ccc(F)cc2)n1. The summed E-state index contributed by atoms with van der Waals surface area (Å²) in [5, 5.41) is 6.90. The van der Waals surface area contributed by atoms with Gasteiger partial charge in [-0.2, -0.15) is 5.10 Å². The van der Waals surface area contributed by atoms with Crippen LogP contribution in [0.3, 0.4) is 0 Å². The van der Waals surface area contributed by atoms with E-state index < -0.39 is 0 Å². The van der Waals surface area contributed by atoms with Gasteiger partial charge < -0.3 is 5.32 Å². The fraction of sp³-hybridized carbons (Fsp3) is 0.286. The zero-order valence-corrected chi connectivity index (χ0v) is 10.5. The van der Waals surface area contributed by atoms with Crippen molar-refractivity contribution in [3.63, 3.8) is 0 Å². The van der Waals surface area contributed by atoms with Crippen molar-refractivity contribution in [3.8, 4) is 0 Å². The van der Waals surface area contributed by atoms with Crippen LogP contribution in [0.25, 0.3) is 0 Å². The van der Waals surface area contributed by atoms with Gasteiger partial charge >= 0.3 is 0 Å². The summed E-state index contributed by atoms with van der Waals surface area (Å²) in [4.78, 5) is 12.0. The van der Waals surface area contributed by atoms with E-state index in [1.54, 1.807) is 36.1 Å². The quantitative estimate of drug-likeness (QED) is 0.919. The fourth-order valence-corrected chi connectivity index (χ4v) is 2.26. The van der Waals surface area contributed by atoms with E-state index in [4.69, 9.17) is 0 Å². The molecule has 1 heterocycles. The van der Waals surface area contributed by atoms with E-state index in [0.29, 0.717) is 5.82 Å². The maximum atomic E-state index is 12.8. The third-order valence-corrected chi connectivity index (χ3v) is 3.39. The monoisotopic (exact) mass is 259 g/mol. The largest absolute Gasteiger partial charge is 0.309 e. The van der Waals surface area contributed by atoms with Crippen LogP contribution in [0.2, 0.25) is 0 Å². The number of carbonyl (C=O) groups excluding carboxylic acids is 1. The van der Waals surface area contributed by atoms with Gasteiger partial charge in [0, 0.05) is 25.2 Å². The van der Waals surface area contributed by atoms with E-state index in [2.05, 4.69) is 10.4 Å². The topological polar surface area (TPSA) is 46.9 Å². The third kappa shape index (κ3) is 2.50. The molecule has 4 nitrogen and oxygen atoms in total. The van der Waals surface area contributed by atoms with Crippen molar-refractivity contribution in [1.29, 1.82) is 0 Å². The average Bonchev–Trinajstić information content (AvgIpc) is 3.08. The maximum Gasteiger partial charge on any atom is 0.229 e. The van der Waals surface area contributed by atoms with E-state index in [0.717, 1.165) is 12.0 Å². The summed E-state index contributed by atoms with van der Waals surface area (Å²) in [5.74, 6) is 0.459. The van der Waals surface area contributed by atoms with Crippen molar-refractivity contribution < 1.29 is 9.18 Å². The van der Waals surface area contributed by atoms with Crippen molar-refractivity contribution in [2.75, 3.05) is 5.32 Å². The van der Waals surface area contributed by atoms with Gasteiger partial charge in [-0.05, 0) is 30.0 Å². The Kier molecular flexibility index (Phi) is 2.81. The minimum absolute atomic E-state index is 0.0203. The molecule has 1 saturated carbocycles. The molecule has 1 aliphatic carbocycles. The lowest BCUT2D eigenvalue weighted by Gasteiger charge is -2.02. The van der Waals surface area contributed by atoms with E-state index in [1.165, 1.54) is 12.1 Å². The van der Waals surface area contributed by atoms with Gasteiger partial charge in [0.1, 0.15) is 5.82 Å². The molecule has 0 bridgehead atoms. The Morgan fingerprint density at radius 1 is 1.37 bits per heavy atom. The molecule has 0 aliphatic heterocycles. The fourth-order valence-electron chi connectivity index (χ4n) is 2.26. The van der Waals surface area contributed by atoms with Crippen LogP contribution < -0.4 is 5.32 Å². The highest BCUT2D eigenvalue weighted by Gasteiger charge is 2.44. The molecule has 1 aromatic carbocycles. The molecule has 1 aromatic heterocycles. The molecule has 2 atom stereocenters. The number of hydrogen-bond acceptors (Lipinski definition) is 2. The van der Waals surface area contributed by atoms with Crippen molar-refractivity contribution in [2.24, 2.45) is 13.0 Å². The zero-order chi connectivity index (χ0) is 13.4. The number of amides is 1. The number of nitrogens with one attached hydrogen (secondary N) is 1. The van der Waals surface area contributed by atoms with Crippen LogP contribution in [-0.2, 0) is 11.8 Å². The van der Waals surface area contributed by atoms with Crippen LogP contribution in [0.4, 0.5) is 10.2 Å². The predicted molar refractivity (Wildman–Crippen MR) is 69.1 cm³/mol. The summed E-state index contributed by atoms with van der Waals surface area (Å²) >= 11 is 0. The standard InChI is InChI=1S/C14H14FN3O/c1-18-7-6-13(17-18)16-14(19)12-8-11(12)9-2-4-10(15)5-3-9/h2-7,11-12H,8H2,1H3,(H,16,17,19). The lowest BCUT2D eigenvalue weighted by molar-refractivity contribution is -0.117. The van der Waals surface area contributed by atoms with Crippen LogP contribution in [0.1, 0.15) is 17.9 Å². The molecule has 0 saturated heterocycles. The van der Waals surface area contributed by atoms with E-state index in [9.17, 15) is 9.18 Å². The number of aryl methyl sites for hydroxylation is 1. The Morgan fingerprint density at radius 2 is 2.11 bits per heavy atom. The second-order valence-electron chi connectivity index (χ2n) is 4.86. The highest BCUT2D eigenvalue weighted by atomic mass is 19.1. The van der Waals surface area contributed by atoms with Crippen LogP contribution in [-0.4, -0.2) is 15.7 Å². The Balaban J connectivity index is 1.63. The molecule has 5 heteroatoms. The van der Waals surface area contributed by atoms with Crippen molar-refractivity contribution in [2.45, 2.75) is 12.3 Å². The van der Waals surface area contributed by atoms with Crippen molar-refractivity contribution >= 4 is 11.7 Å². The minimum Gasteiger partial charge on any atom is -0.309 e. The number of benzene rings is 1. The third-order valence-electron chi connectivity index (χ3n) is 3.39. The first-order valence-electron chi connectivity index (χ1n) is 6.19. The van der Waals surface area contributed by atoms with Gasteiger partial charge in [0.15, 0.2) is 5.82 Å². The van der Waals surface area contributed by atoms with Gasteiger partial charge in [0.2, 0.25) is 5.91 Å². The summed E-state index contributed by atoms with van der Waals surface area (Å²) in [7, 11) is 1.80. The van der Waals surface area contributed by atoms with Crippen LogP contribution in [0, 0.1) is 11.7 Å². The molecular formula is C14H14FN3O. The van der Waals surface area contributed by atoms with Gasteiger partial charge in [0.25, 0.3) is 0 Å². The maximum absolute atomic E-state index is 12.8. The average molecular weight is 259 g/mol. The Morgan fingerprint density at radius 3 is 2.74 bits per heavy atom. The molecule has 1 N–H and O–H groups in total. The number of anilines is 1. The minimum atomic E-state index is -0.251. The number of hydrogen-bond donors (Lipinski definition) is 1. The highest BCUT2D eigenvalue weighted by Crippen LogP contribution is 2.47. The summed E-state index contributed by atoms with van der Waals surface area (Å²) in [6.45, 7) is 0. The lowest BCUT2D eigenvalue weighted by atomic mass is 10.1. The van der Waals surface area contributed by atoms with Gasteiger partial charge in [-0.1, -0.05) is 12.1 Å². The van der Waals surface area contributed by atoms with Crippen LogP contribution in [0.5, 0.6) is 0 Å². The van der Waals surface area contributed by atoms with Gasteiger partial charge in [-0.25, -0.2) is 4.39 Å². The first-order chi connectivity index (χ1) is 9.13. The lowest BCUT2D eigenvalue weighted by Crippen LogP contribution is -2.15. The van der Waals surface area contributed by atoms with E-state index in [1.807, 2.05) is 0 Å². The number of carbonyl (C=O) groups is 1. The summed E-state index contributed by atoms with van der Waals surface area (Å²) in [6, 6.07) is 8.11. The molecular weight excluding hydrogens is 245 g/mol. The van der Waals surface area contributed by atoms with Gasteiger partial charge in [-0.3, -0.25) is 9.48 Å². The zero-order valence-electron chi connectivity index (χ0n) is 10.5. The number of aromatic nitrogens is 2. The number of rotatable bonds is 3.